The van der Waals surface area contributed by atoms with Gasteiger partial charge in [-0.15, -0.1) is 11.3 Å². The van der Waals surface area contributed by atoms with Crippen molar-refractivity contribution >= 4 is 106 Å². The van der Waals surface area contributed by atoms with E-state index in [0.29, 0.717) is 0 Å². The molecular formula is C66H46BN3OS2. The molecule has 346 valence electrons. The highest BCUT2D eigenvalue weighted by atomic mass is 32.2. The summed E-state index contributed by atoms with van der Waals surface area (Å²) in [5, 5.41) is 3.82. The van der Waals surface area contributed by atoms with Crippen molar-refractivity contribution in [1.82, 2.24) is 4.48 Å². The number of hydrogen-bond acceptors (Lipinski definition) is 5. The van der Waals surface area contributed by atoms with Crippen molar-refractivity contribution in [3.8, 4) is 44.9 Å². The van der Waals surface area contributed by atoms with Gasteiger partial charge in [-0.05, 0) is 123 Å². The number of ether oxygens (including phenoxy) is 1. The maximum atomic E-state index is 6.97. The Bertz CT molecular complexity index is 4160. The normalized spacial score (nSPS) is 13.1. The van der Waals surface area contributed by atoms with E-state index in [-0.39, 0.29) is 12.3 Å². The van der Waals surface area contributed by atoms with Crippen molar-refractivity contribution in [3.05, 3.63) is 230 Å². The zero-order valence-electron chi connectivity index (χ0n) is 40.5. The SMILES string of the molecule is CC(C)(C)c1ccc(N2c3cc4c(cc3B3c5c(cc(-c6ccccc6)cc52)-c2ccc(N(c5ccccc5)c5ccccc5)c5c6c7ccccc7sc6n3c25)Sc2ccccc2O4)c(-c2ccccc2)c1. The summed E-state index contributed by atoms with van der Waals surface area (Å²) in [4.78, 5) is 8.54. The molecule has 0 spiro atoms. The van der Waals surface area contributed by atoms with Crippen molar-refractivity contribution in [2.24, 2.45) is 0 Å². The fourth-order valence-corrected chi connectivity index (χ4v) is 14.1. The molecule has 0 N–H and O–H groups in total. The van der Waals surface area contributed by atoms with Gasteiger partial charge in [-0.2, -0.15) is 0 Å². The lowest BCUT2D eigenvalue weighted by molar-refractivity contribution is 0.455. The first-order valence-corrected chi connectivity index (χ1v) is 26.7. The minimum absolute atomic E-state index is 0.0640. The predicted octanol–water partition coefficient (Wildman–Crippen LogP) is 17.8. The van der Waals surface area contributed by atoms with E-state index >= 15 is 0 Å². The van der Waals surface area contributed by atoms with Crippen molar-refractivity contribution < 1.29 is 4.74 Å². The van der Waals surface area contributed by atoms with Gasteiger partial charge in [-0.25, -0.2) is 0 Å². The summed E-state index contributed by atoms with van der Waals surface area (Å²) < 4.78 is 11.0. The highest BCUT2D eigenvalue weighted by molar-refractivity contribution is 7.99. The molecule has 0 radical (unpaired) electrons. The van der Waals surface area contributed by atoms with Crippen LogP contribution < -0.4 is 25.5 Å². The number of para-hydroxylation sites is 3. The van der Waals surface area contributed by atoms with E-state index in [4.69, 9.17) is 4.74 Å². The first-order chi connectivity index (χ1) is 35.9. The molecule has 0 atom stereocenters. The Morgan fingerprint density at radius 3 is 1.90 bits per heavy atom. The molecule has 12 aromatic rings. The molecule has 0 amide bonds. The average Bonchev–Trinajstić information content (AvgIpc) is 3.99. The van der Waals surface area contributed by atoms with E-state index in [1.807, 2.05) is 11.3 Å². The molecule has 0 unspecified atom stereocenters. The number of nitrogens with zero attached hydrogens (tertiary/aromatic N) is 3. The van der Waals surface area contributed by atoms with E-state index in [0.717, 1.165) is 49.7 Å². The highest BCUT2D eigenvalue weighted by Gasteiger charge is 2.46. The van der Waals surface area contributed by atoms with E-state index in [9.17, 15) is 0 Å². The minimum Gasteiger partial charge on any atom is -0.455 e. The molecule has 0 saturated carbocycles. The van der Waals surface area contributed by atoms with Gasteiger partial charge in [0.1, 0.15) is 11.5 Å². The Labute approximate surface area is 433 Å². The molecule has 7 heteroatoms. The number of thiophene rings is 1. The van der Waals surface area contributed by atoms with Crippen LogP contribution >= 0.6 is 23.1 Å². The number of rotatable bonds is 6. The van der Waals surface area contributed by atoms with Crippen LogP contribution in [0.25, 0.3) is 64.6 Å². The third-order valence-corrected chi connectivity index (χ3v) is 17.4. The Hall–Kier alpha value is -8.23. The van der Waals surface area contributed by atoms with Crippen LogP contribution in [-0.4, -0.2) is 11.3 Å². The molecule has 73 heavy (non-hydrogen) atoms. The van der Waals surface area contributed by atoms with Crippen LogP contribution in [0.5, 0.6) is 11.5 Å². The smallest absolute Gasteiger partial charge is 0.333 e. The summed E-state index contributed by atoms with van der Waals surface area (Å²) in [6.45, 7) is 6.75. The van der Waals surface area contributed by atoms with Gasteiger partial charge in [-0.1, -0.05) is 172 Å². The molecule has 5 heterocycles. The van der Waals surface area contributed by atoms with Gasteiger partial charge < -0.3 is 19.0 Å². The maximum Gasteiger partial charge on any atom is 0.333 e. The lowest BCUT2D eigenvalue weighted by Gasteiger charge is -2.42. The van der Waals surface area contributed by atoms with Crippen LogP contribution in [-0.2, 0) is 5.41 Å². The van der Waals surface area contributed by atoms with Crippen molar-refractivity contribution in [2.45, 2.75) is 36.0 Å². The molecule has 0 saturated heterocycles. The van der Waals surface area contributed by atoms with Crippen molar-refractivity contribution in [1.29, 1.82) is 0 Å². The van der Waals surface area contributed by atoms with Gasteiger partial charge >= 0.3 is 6.85 Å². The predicted molar refractivity (Wildman–Crippen MR) is 310 cm³/mol. The average molecular weight is 972 g/mol. The van der Waals surface area contributed by atoms with Gasteiger partial charge in [0.15, 0.2) is 0 Å². The Morgan fingerprint density at radius 1 is 0.493 bits per heavy atom. The molecule has 4 nitrogen and oxygen atoms in total. The lowest BCUT2D eigenvalue weighted by Crippen LogP contribution is -2.56. The first-order valence-electron chi connectivity index (χ1n) is 25.1. The number of aromatic nitrogens is 1. The van der Waals surface area contributed by atoms with E-state index < -0.39 is 0 Å². The first kappa shape index (κ1) is 42.5. The van der Waals surface area contributed by atoms with Crippen molar-refractivity contribution in [2.75, 3.05) is 9.80 Å². The van der Waals surface area contributed by atoms with E-state index in [1.165, 1.54) is 86.8 Å². The summed E-state index contributed by atoms with van der Waals surface area (Å²) in [5.74, 6) is 1.75. The van der Waals surface area contributed by atoms with Gasteiger partial charge in [0.2, 0.25) is 0 Å². The van der Waals surface area contributed by atoms with Crippen molar-refractivity contribution in [3.63, 3.8) is 0 Å². The summed E-state index contributed by atoms with van der Waals surface area (Å²) in [6.07, 6.45) is 0. The van der Waals surface area contributed by atoms with Gasteiger partial charge in [0.05, 0.1) is 26.0 Å². The molecule has 0 aliphatic carbocycles. The quantitative estimate of drug-likeness (QED) is 0.155. The molecule has 3 aliphatic heterocycles. The maximum absolute atomic E-state index is 6.97. The number of benzene rings is 10. The molecule has 2 aromatic heterocycles. The van der Waals surface area contributed by atoms with Crippen LogP contribution in [0.15, 0.2) is 234 Å². The van der Waals surface area contributed by atoms with Gasteiger partial charge in [0, 0.05) is 66.3 Å². The Kier molecular flexibility index (Phi) is 9.39. The summed E-state index contributed by atoms with van der Waals surface area (Å²) in [6, 6.07) is 82.8. The molecule has 0 bridgehead atoms. The summed E-state index contributed by atoms with van der Waals surface area (Å²) in [5.41, 5.74) is 19.0. The second kappa shape index (κ2) is 16.1. The fourth-order valence-electron chi connectivity index (χ4n) is 11.8. The third kappa shape index (κ3) is 6.48. The second-order valence-corrected chi connectivity index (χ2v) is 22.5. The molecular weight excluding hydrogens is 926 g/mol. The lowest BCUT2D eigenvalue weighted by atomic mass is 9.45. The summed E-state index contributed by atoms with van der Waals surface area (Å²) >= 11 is 3.72. The molecule has 0 fully saturated rings. The van der Waals surface area contributed by atoms with Crippen LogP contribution in [0.4, 0.5) is 34.1 Å². The van der Waals surface area contributed by atoms with E-state index in [1.54, 1.807) is 11.8 Å². The van der Waals surface area contributed by atoms with Gasteiger partial charge in [-0.3, -0.25) is 0 Å². The zero-order chi connectivity index (χ0) is 48.5. The molecule has 10 aromatic carbocycles. The van der Waals surface area contributed by atoms with Gasteiger partial charge in [0.25, 0.3) is 0 Å². The molecule has 3 aliphatic rings. The van der Waals surface area contributed by atoms with Crippen LogP contribution in [0.3, 0.4) is 0 Å². The van der Waals surface area contributed by atoms with E-state index in [2.05, 4.69) is 260 Å². The number of anilines is 6. The largest absolute Gasteiger partial charge is 0.455 e. The number of hydrogen-bond donors (Lipinski definition) is 0. The second-order valence-electron chi connectivity index (χ2n) is 20.4. The molecule has 15 rings (SSSR count). The highest BCUT2D eigenvalue weighted by Crippen LogP contribution is 2.56. The van der Waals surface area contributed by atoms with Crippen LogP contribution in [0, 0.1) is 0 Å². The monoisotopic (exact) mass is 971 g/mol. The Balaban J connectivity index is 1.11. The minimum atomic E-state index is -0.184. The van der Waals surface area contributed by atoms with Crippen LogP contribution in [0.1, 0.15) is 26.3 Å². The Morgan fingerprint density at radius 2 is 1.16 bits per heavy atom. The zero-order valence-corrected chi connectivity index (χ0v) is 42.1. The van der Waals surface area contributed by atoms with Crippen LogP contribution in [0.2, 0.25) is 0 Å². The number of fused-ring (bicyclic) bond motifs is 11. The summed E-state index contributed by atoms with van der Waals surface area (Å²) in [7, 11) is 0. The topological polar surface area (TPSA) is 20.6 Å². The fraction of sp³-hybridized carbons (Fsp3) is 0.0606. The third-order valence-electron chi connectivity index (χ3n) is 15.1. The standard InChI is InChI=1S/C66H46BN3OS2/c1-66(2,3)44-32-34-52(49(38-44)42-22-10-5-11-23-42)69-54-40-57-60(72-59-31-19-17-29-56(59)71-57)39-51(54)67-63-50(36-43(37-55(63)69)41-20-8-4-9-21-41)47-33-35-53(68(45-24-12-6-13-25-45)46-26-14-7-15-27-46)62-61-48-28-16-18-30-58(48)73-65(61)70(67)64(47)62/h4-40H,1-3H3.